The summed E-state index contributed by atoms with van der Waals surface area (Å²) in [6.07, 6.45) is 0.421. The number of ether oxygens (including phenoxy) is 1. The molecule has 0 bridgehead atoms. The number of hydrogen-bond donors (Lipinski definition) is 2. The number of carbonyl (C=O) groups is 2. The van der Waals surface area contributed by atoms with Gasteiger partial charge in [0.15, 0.2) is 0 Å². The van der Waals surface area contributed by atoms with Crippen LogP contribution in [0.5, 0.6) is 0 Å². The maximum absolute atomic E-state index is 12.9. The van der Waals surface area contributed by atoms with E-state index in [1.54, 1.807) is 4.90 Å². The number of rotatable bonds is 4. The number of carbonyl (C=O) groups excluding carboxylic acids is 1. The molecule has 2 rings (SSSR count). The largest absolute Gasteiger partial charge is 0.481 e. The van der Waals surface area contributed by atoms with Crippen LogP contribution < -0.4 is 5.32 Å². The van der Waals surface area contributed by atoms with Gasteiger partial charge in [-0.25, -0.2) is 0 Å². The summed E-state index contributed by atoms with van der Waals surface area (Å²) < 4.78 is 5.43. The van der Waals surface area contributed by atoms with Gasteiger partial charge in [0.05, 0.1) is 24.5 Å². The summed E-state index contributed by atoms with van der Waals surface area (Å²) >= 11 is 0. The van der Waals surface area contributed by atoms with Gasteiger partial charge in [0.2, 0.25) is 5.91 Å². The van der Waals surface area contributed by atoms with Crippen LogP contribution in [-0.2, 0) is 14.3 Å². The van der Waals surface area contributed by atoms with Gasteiger partial charge in [-0.3, -0.25) is 9.59 Å². The highest BCUT2D eigenvalue weighted by Crippen LogP contribution is 2.36. The minimum absolute atomic E-state index is 0.0449. The average Bonchev–Trinajstić information content (AvgIpc) is 2.88. The molecule has 2 aliphatic rings. The highest BCUT2D eigenvalue weighted by atomic mass is 16.5. The van der Waals surface area contributed by atoms with Gasteiger partial charge in [-0.2, -0.15) is 0 Å². The van der Waals surface area contributed by atoms with Crippen molar-refractivity contribution < 1.29 is 19.4 Å². The summed E-state index contributed by atoms with van der Waals surface area (Å²) in [6.45, 7) is 7.12. The fourth-order valence-electron chi connectivity index (χ4n) is 3.17. The first kappa shape index (κ1) is 15.3. The Morgan fingerprint density at radius 1 is 1.50 bits per heavy atom. The zero-order valence-electron chi connectivity index (χ0n) is 12.2. The van der Waals surface area contributed by atoms with Crippen LogP contribution in [-0.4, -0.2) is 60.8 Å². The van der Waals surface area contributed by atoms with Crippen LogP contribution in [0.25, 0.3) is 0 Å². The molecule has 0 radical (unpaired) electrons. The lowest BCUT2D eigenvalue weighted by atomic mass is 9.75. The van der Waals surface area contributed by atoms with Crippen molar-refractivity contribution in [3.05, 3.63) is 0 Å². The summed E-state index contributed by atoms with van der Waals surface area (Å²) in [7, 11) is 0. The summed E-state index contributed by atoms with van der Waals surface area (Å²) in [5.74, 6) is -0.465. The summed E-state index contributed by atoms with van der Waals surface area (Å²) in [5.41, 5.74) is -0.342. The van der Waals surface area contributed by atoms with Crippen LogP contribution >= 0.6 is 0 Å². The van der Waals surface area contributed by atoms with Gasteiger partial charge in [-0.05, 0) is 18.9 Å². The molecule has 2 fully saturated rings. The zero-order valence-corrected chi connectivity index (χ0v) is 12.2. The summed E-state index contributed by atoms with van der Waals surface area (Å²) in [4.78, 5) is 25.5. The van der Waals surface area contributed by atoms with Gasteiger partial charge >= 0.3 is 5.97 Å². The molecular formula is C14H24N2O4. The first-order valence-corrected chi connectivity index (χ1v) is 7.29. The zero-order chi connectivity index (χ0) is 14.8. The molecule has 2 saturated heterocycles. The number of aliphatic carboxylic acids is 1. The van der Waals surface area contributed by atoms with Crippen molar-refractivity contribution >= 4 is 11.9 Å². The van der Waals surface area contributed by atoms with Crippen molar-refractivity contribution in [3.63, 3.8) is 0 Å². The first-order valence-electron chi connectivity index (χ1n) is 7.29. The second kappa shape index (κ2) is 6.10. The van der Waals surface area contributed by atoms with Gasteiger partial charge in [-0.15, -0.1) is 0 Å². The Morgan fingerprint density at radius 2 is 2.25 bits per heavy atom. The SMILES string of the molecule is CC(C)C1(C(=O)N2CCOC(CC(=O)O)C2)CCNC1. The van der Waals surface area contributed by atoms with E-state index in [0.29, 0.717) is 26.2 Å². The van der Waals surface area contributed by atoms with Crippen molar-refractivity contribution in [1.82, 2.24) is 10.2 Å². The molecule has 2 N–H and O–H groups in total. The molecular weight excluding hydrogens is 260 g/mol. The lowest BCUT2D eigenvalue weighted by Crippen LogP contribution is -2.54. The van der Waals surface area contributed by atoms with Crippen molar-refractivity contribution in [3.8, 4) is 0 Å². The van der Waals surface area contributed by atoms with Crippen LogP contribution in [0.1, 0.15) is 26.7 Å². The maximum Gasteiger partial charge on any atom is 0.306 e. The number of morpholine rings is 1. The molecule has 6 heteroatoms. The molecule has 0 saturated carbocycles. The first-order chi connectivity index (χ1) is 9.45. The maximum atomic E-state index is 12.9. The van der Waals surface area contributed by atoms with E-state index in [-0.39, 0.29) is 29.8 Å². The third-order valence-corrected chi connectivity index (χ3v) is 4.55. The highest BCUT2D eigenvalue weighted by Gasteiger charge is 2.46. The van der Waals surface area contributed by atoms with Crippen molar-refractivity contribution in [2.45, 2.75) is 32.8 Å². The van der Waals surface area contributed by atoms with Gasteiger partial charge in [0.1, 0.15) is 0 Å². The van der Waals surface area contributed by atoms with E-state index in [9.17, 15) is 9.59 Å². The Bertz CT molecular complexity index is 377. The van der Waals surface area contributed by atoms with Crippen LogP contribution in [0.2, 0.25) is 0 Å². The standard InChI is InChI=1S/C14H24N2O4/c1-10(2)14(3-4-15-9-14)13(19)16-5-6-20-11(8-16)7-12(17)18/h10-11,15H,3-9H2,1-2H3,(H,17,18). The monoisotopic (exact) mass is 284 g/mol. The molecule has 2 atom stereocenters. The van der Waals surface area contributed by atoms with Gasteiger partial charge in [0, 0.05) is 19.6 Å². The molecule has 0 aliphatic carbocycles. The van der Waals surface area contributed by atoms with E-state index >= 15 is 0 Å². The number of hydrogen-bond acceptors (Lipinski definition) is 4. The van der Waals surface area contributed by atoms with Crippen LogP contribution in [0.3, 0.4) is 0 Å². The lowest BCUT2D eigenvalue weighted by Gasteiger charge is -2.40. The molecule has 0 aromatic rings. The van der Waals surface area contributed by atoms with E-state index in [1.807, 2.05) is 0 Å². The number of carboxylic acid groups (broad SMARTS) is 1. The molecule has 20 heavy (non-hydrogen) atoms. The second-order valence-corrected chi connectivity index (χ2v) is 6.08. The number of carboxylic acids is 1. The smallest absolute Gasteiger partial charge is 0.306 e. The topological polar surface area (TPSA) is 78.9 Å². The lowest BCUT2D eigenvalue weighted by molar-refractivity contribution is -0.155. The fraction of sp³-hybridized carbons (Fsp3) is 0.857. The Labute approximate surface area is 119 Å². The van der Waals surface area contributed by atoms with Crippen molar-refractivity contribution in [2.75, 3.05) is 32.8 Å². The molecule has 0 aromatic heterocycles. The van der Waals surface area contributed by atoms with Crippen LogP contribution in [0.15, 0.2) is 0 Å². The molecule has 6 nitrogen and oxygen atoms in total. The normalized spacial score (nSPS) is 30.8. The fourth-order valence-corrected chi connectivity index (χ4v) is 3.17. The predicted molar refractivity (Wildman–Crippen MR) is 73.3 cm³/mol. The molecule has 114 valence electrons. The van der Waals surface area contributed by atoms with Gasteiger partial charge in [-0.1, -0.05) is 13.8 Å². The van der Waals surface area contributed by atoms with E-state index in [4.69, 9.17) is 9.84 Å². The van der Waals surface area contributed by atoms with Crippen LogP contribution in [0, 0.1) is 11.3 Å². The molecule has 2 unspecified atom stereocenters. The third-order valence-electron chi connectivity index (χ3n) is 4.55. The highest BCUT2D eigenvalue weighted by molar-refractivity contribution is 5.84. The molecule has 1 amide bonds. The van der Waals surface area contributed by atoms with Gasteiger partial charge in [0.25, 0.3) is 0 Å². The van der Waals surface area contributed by atoms with Crippen LogP contribution in [0.4, 0.5) is 0 Å². The number of nitrogens with zero attached hydrogens (tertiary/aromatic N) is 1. The van der Waals surface area contributed by atoms with Gasteiger partial charge < -0.3 is 20.1 Å². The molecule has 2 aliphatic heterocycles. The molecule has 2 heterocycles. The van der Waals surface area contributed by atoms with Crippen molar-refractivity contribution in [2.24, 2.45) is 11.3 Å². The number of nitrogens with one attached hydrogen (secondary N) is 1. The number of amides is 1. The Morgan fingerprint density at radius 3 is 2.80 bits per heavy atom. The second-order valence-electron chi connectivity index (χ2n) is 6.08. The Balaban J connectivity index is 2.05. The quantitative estimate of drug-likeness (QED) is 0.777. The minimum atomic E-state index is -0.884. The molecule has 0 spiro atoms. The third kappa shape index (κ3) is 2.96. The predicted octanol–water partition coefficient (Wildman–Crippen LogP) is 0.324. The Hall–Kier alpha value is -1.14. The average molecular weight is 284 g/mol. The van der Waals surface area contributed by atoms with E-state index in [2.05, 4.69) is 19.2 Å². The van der Waals surface area contributed by atoms with E-state index < -0.39 is 5.97 Å². The Kier molecular flexibility index (Phi) is 4.65. The van der Waals surface area contributed by atoms with Crippen molar-refractivity contribution in [1.29, 1.82) is 0 Å². The summed E-state index contributed by atoms with van der Waals surface area (Å²) in [6, 6.07) is 0. The minimum Gasteiger partial charge on any atom is -0.481 e. The van der Waals surface area contributed by atoms with E-state index in [0.717, 1.165) is 13.0 Å². The molecule has 0 aromatic carbocycles. The van der Waals surface area contributed by atoms with E-state index in [1.165, 1.54) is 0 Å². The summed E-state index contributed by atoms with van der Waals surface area (Å²) in [5, 5.41) is 12.1.